The number of aliphatic hydroxyl groups is 1. The number of nitrogens with zero attached hydrogens (tertiary/aromatic N) is 2. The quantitative estimate of drug-likeness (QED) is 0.888. The van der Waals surface area contributed by atoms with E-state index in [1.165, 1.54) is 11.8 Å². The van der Waals surface area contributed by atoms with Gasteiger partial charge in [0.2, 0.25) is 0 Å². The molecule has 0 saturated carbocycles. The van der Waals surface area contributed by atoms with Crippen LogP contribution in [0.2, 0.25) is 5.02 Å². The second-order valence-corrected chi connectivity index (χ2v) is 5.42. The molecule has 0 bridgehead atoms. The summed E-state index contributed by atoms with van der Waals surface area (Å²) in [5.74, 6) is 0. The van der Waals surface area contributed by atoms with Gasteiger partial charge in [0, 0.05) is 16.5 Å². The van der Waals surface area contributed by atoms with Crippen LogP contribution in [0, 0.1) is 0 Å². The largest absolute Gasteiger partial charge is 0.392 e. The molecule has 0 fully saturated rings. The van der Waals surface area contributed by atoms with Gasteiger partial charge in [0.25, 0.3) is 0 Å². The van der Waals surface area contributed by atoms with Gasteiger partial charge in [-0.15, -0.1) is 5.10 Å². The lowest BCUT2D eigenvalue weighted by Crippen LogP contribution is -2.17. The fourth-order valence-corrected chi connectivity index (χ4v) is 2.83. The SMILES string of the molecule is CCCn1c(Sc2ccc(CO)c(Cl)c2)n[nH]c1=O. The van der Waals surface area contributed by atoms with E-state index >= 15 is 0 Å². The van der Waals surface area contributed by atoms with Crippen molar-refractivity contribution in [2.75, 3.05) is 0 Å². The summed E-state index contributed by atoms with van der Waals surface area (Å²) >= 11 is 7.39. The smallest absolute Gasteiger partial charge is 0.343 e. The van der Waals surface area contributed by atoms with E-state index in [1.54, 1.807) is 16.7 Å². The standard InChI is InChI=1S/C12H14ClN3O2S/c1-2-5-16-11(18)14-15-12(16)19-9-4-3-8(7-17)10(13)6-9/h3-4,6,17H,2,5,7H2,1H3,(H,14,18). The maximum atomic E-state index is 11.6. The van der Waals surface area contributed by atoms with E-state index in [4.69, 9.17) is 16.7 Å². The molecular formula is C12H14ClN3O2S. The zero-order valence-corrected chi connectivity index (χ0v) is 12.0. The molecule has 2 N–H and O–H groups in total. The van der Waals surface area contributed by atoms with Gasteiger partial charge in [-0.25, -0.2) is 9.89 Å². The van der Waals surface area contributed by atoms with Crippen molar-refractivity contribution in [1.29, 1.82) is 0 Å². The number of H-pyrrole nitrogens is 1. The number of hydrogen-bond acceptors (Lipinski definition) is 4. The Bertz CT molecular complexity index is 624. The van der Waals surface area contributed by atoms with E-state index in [9.17, 15) is 4.79 Å². The third-order valence-corrected chi connectivity index (χ3v) is 3.91. The van der Waals surface area contributed by atoms with Crippen LogP contribution in [0.15, 0.2) is 33.0 Å². The summed E-state index contributed by atoms with van der Waals surface area (Å²) in [6, 6.07) is 5.37. The lowest BCUT2D eigenvalue weighted by molar-refractivity contribution is 0.282. The number of aliphatic hydroxyl groups excluding tert-OH is 1. The third-order valence-electron chi connectivity index (χ3n) is 2.57. The Balaban J connectivity index is 2.26. The van der Waals surface area contributed by atoms with Crippen molar-refractivity contribution in [3.63, 3.8) is 0 Å². The molecule has 5 nitrogen and oxygen atoms in total. The first kappa shape index (κ1) is 14.2. The molecule has 0 amide bonds. The Hall–Kier alpha value is -1.24. The molecule has 0 aliphatic heterocycles. The van der Waals surface area contributed by atoms with Crippen molar-refractivity contribution in [2.24, 2.45) is 0 Å². The molecule has 0 saturated heterocycles. The van der Waals surface area contributed by atoms with Gasteiger partial charge in [0.15, 0.2) is 5.16 Å². The molecule has 0 unspecified atom stereocenters. The Morgan fingerprint density at radius 3 is 2.95 bits per heavy atom. The topological polar surface area (TPSA) is 70.9 Å². The van der Waals surface area contributed by atoms with Gasteiger partial charge >= 0.3 is 5.69 Å². The molecular weight excluding hydrogens is 286 g/mol. The van der Waals surface area contributed by atoms with E-state index < -0.39 is 0 Å². The number of aromatic nitrogens is 3. The molecule has 0 atom stereocenters. The number of rotatable bonds is 5. The van der Waals surface area contributed by atoms with Crippen LogP contribution in [0.1, 0.15) is 18.9 Å². The average Bonchev–Trinajstić information content (AvgIpc) is 2.72. The van der Waals surface area contributed by atoms with Crippen molar-refractivity contribution in [3.8, 4) is 0 Å². The Morgan fingerprint density at radius 2 is 2.32 bits per heavy atom. The van der Waals surface area contributed by atoms with Crippen molar-refractivity contribution < 1.29 is 5.11 Å². The normalized spacial score (nSPS) is 10.9. The number of benzene rings is 1. The average molecular weight is 300 g/mol. The molecule has 2 aromatic rings. The highest BCUT2D eigenvalue weighted by Crippen LogP contribution is 2.29. The zero-order valence-electron chi connectivity index (χ0n) is 10.4. The van der Waals surface area contributed by atoms with Gasteiger partial charge in [-0.1, -0.05) is 24.6 Å². The molecule has 102 valence electrons. The van der Waals surface area contributed by atoms with Gasteiger partial charge < -0.3 is 5.11 Å². The van der Waals surface area contributed by atoms with Crippen molar-refractivity contribution in [1.82, 2.24) is 14.8 Å². The van der Waals surface area contributed by atoms with Gasteiger partial charge in [-0.3, -0.25) is 4.57 Å². The third kappa shape index (κ3) is 3.20. The zero-order chi connectivity index (χ0) is 13.8. The predicted molar refractivity (Wildman–Crippen MR) is 74.6 cm³/mol. The highest BCUT2D eigenvalue weighted by molar-refractivity contribution is 7.99. The van der Waals surface area contributed by atoms with E-state index in [-0.39, 0.29) is 12.3 Å². The number of aromatic amines is 1. The monoisotopic (exact) mass is 299 g/mol. The fourth-order valence-electron chi connectivity index (χ4n) is 1.63. The fraction of sp³-hybridized carbons (Fsp3) is 0.333. The van der Waals surface area contributed by atoms with Crippen molar-refractivity contribution in [2.45, 2.75) is 36.5 Å². The van der Waals surface area contributed by atoms with E-state index in [0.29, 0.717) is 22.3 Å². The molecule has 0 spiro atoms. The van der Waals surface area contributed by atoms with Crippen LogP contribution in [0.4, 0.5) is 0 Å². The lowest BCUT2D eigenvalue weighted by atomic mass is 10.2. The summed E-state index contributed by atoms with van der Waals surface area (Å²) in [7, 11) is 0. The maximum Gasteiger partial charge on any atom is 0.343 e. The minimum Gasteiger partial charge on any atom is -0.392 e. The summed E-state index contributed by atoms with van der Waals surface area (Å²) in [5, 5.41) is 16.6. The van der Waals surface area contributed by atoms with Crippen LogP contribution < -0.4 is 5.69 Å². The first-order valence-corrected chi connectivity index (χ1v) is 7.07. The van der Waals surface area contributed by atoms with Gasteiger partial charge in [0.05, 0.1) is 6.61 Å². The van der Waals surface area contributed by atoms with Crippen LogP contribution in [0.5, 0.6) is 0 Å². The molecule has 0 aliphatic carbocycles. The molecule has 0 radical (unpaired) electrons. The lowest BCUT2D eigenvalue weighted by Gasteiger charge is -2.05. The minimum absolute atomic E-state index is 0.0905. The number of nitrogens with one attached hydrogen (secondary N) is 1. The van der Waals surface area contributed by atoms with Crippen LogP contribution in [0.3, 0.4) is 0 Å². The molecule has 1 heterocycles. The summed E-state index contributed by atoms with van der Waals surface area (Å²) in [6.07, 6.45) is 0.858. The molecule has 19 heavy (non-hydrogen) atoms. The second kappa shape index (κ2) is 6.27. The predicted octanol–water partition coefficient (Wildman–Crippen LogP) is 2.28. The summed E-state index contributed by atoms with van der Waals surface area (Å²) in [6.45, 7) is 2.54. The molecule has 7 heteroatoms. The Morgan fingerprint density at radius 1 is 1.53 bits per heavy atom. The van der Waals surface area contributed by atoms with Crippen LogP contribution in [0.25, 0.3) is 0 Å². The summed E-state index contributed by atoms with van der Waals surface area (Å²) in [4.78, 5) is 12.4. The number of halogens is 1. The maximum absolute atomic E-state index is 11.6. The van der Waals surface area contributed by atoms with Crippen LogP contribution >= 0.6 is 23.4 Å². The minimum atomic E-state index is -0.206. The first-order valence-electron chi connectivity index (χ1n) is 5.88. The van der Waals surface area contributed by atoms with Gasteiger partial charge in [0.1, 0.15) is 0 Å². The summed E-state index contributed by atoms with van der Waals surface area (Å²) < 4.78 is 1.60. The van der Waals surface area contributed by atoms with E-state index in [1.807, 2.05) is 13.0 Å². The summed E-state index contributed by atoms with van der Waals surface area (Å²) in [5.41, 5.74) is 0.474. The highest BCUT2D eigenvalue weighted by atomic mass is 35.5. The van der Waals surface area contributed by atoms with Gasteiger partial charge in [-0.2, -0.15) is 0 Å². The van der Waals surface area contributed by atoms with Crippen molar-refractivity contribution >= 4 is 23.4 Å². The molecule has 1 aromatic carbocycles. The van der Waals surface area contributed by atoms with Crippen LogP contribution in [-0.4, -0.2) is 19.9 Å². The molecule has 0 aliphatic rings. The van der Waals surface area contributed by atoms with Crippen molar-refractivity contribution in [3.05, 3.63) is 39.3 Å². The number of hydrogen-bond donors (Lipinski definition) is 2. The Labute approximate surface area is 119 Å². The van der Waals surface area contributed by atoms with E-state index in [2.05, 4.69) is 10.2 Å². The molecule has 1 aromatic heterocycles. The van der Waals surface area contributed by atoms with Crippen LogP contribution in [-0.2, 0) is 13.2 Å². The van der Waals surface area contributed by atoms with Gasteiger partial charge in [-0.05, 0) is 35.9 Å². The van der Waals surface area contributed by atoms with E-state index in [0.717, 1.165) is 11.3 Å². The Kier molecular flexibility index (Phi) is 4.68. The first-order chi connectivity index (χ1) is 9.15. The highest BCUT2D eigenvalue weighted by Gasteiger charge is 2.10. The second-order valence-electron chi connectivity index (χ2n) is 3.98. The molecule has 2 rings (SSSR count).